The second kappa shape index (κ2) is 10.3. The molecule has 182 valence electrons. The molecule has 36 heavy (non-hydrogen) atoms. The van der Waals surface area contributed by atoms with Crippen LogP contribution in [0.25, 0.3) is 22.1 Å². The van der Waals surface area contributed by atoms with Crippen molar-refractivity contribution in [1.82, 2.24) is 19.7 Å². The largest absolute Gasteiger partial charge is 0.493 e. The van der Waals surface area contributed by atoms with Crippen LogP contribution < -0.4 is 14.9 Å². The molecule has 0 saturated heterocycles. The number of rotatable bonds is 7. The van der Waals surface area contributed by atoms with Crippen molar-refractivity contribution in [3.8, 4) is 11.5 Å². The maximum absolute atomic E-state index is 6.23. The maximum Gasteiger partial charge on any atom is 0.265 e. The Kier molecular flexibility index (Phi) is 6.95. The van der Waals surface area contributed by atoms with Crippen molar-refractivity contribution >= 4 is 73.4 Å². The van der Waals surface area contributed by atoms with Gasteiger partial charge in [-0.15, -0.1) is 10.2 Å². The summed E-state index contributed by atoms with van der Waals surface area (Å²) in [5, 5.41) is 14.8. The monoisotopic (exact) mass is 584 g/mol. The lowest BCUT2D eigenvalue weighted by molar-refractivity contribution is 0.284. The van der Waals surface area contributed by atoms with E-state index < -0.39 is 0 Å². The molecule has 8 nitrogen and oxygen atoms in total. The summed E-state index contributed by atoms with van der Waals surface area (Å²) in [5.41, 5.74) is 6.78. The first-order chi connectivity index (χ1) is 17.4. The minimum atomic E-state index is 0.210. The summed E-state index contributed by atoms with van der Waals surface area (Å²) in [5.74, 6) is 1.38. The second-order valence-corrected chi connectivity index (χ2v) is 9.53. The number of nitrogens with zero attached hydrogens (tertiary/aromatic N) is 5. The number of methoxy groups -OCH3 is 1. The van der Waals surface area contributed by atoms with E-state index in [2.05, 4.69) is 41.6 Å². The summed E-state index contributed by atoms with van der Waals surface area (Å²) >= 11 is 16.0. The number of hydrazone groups is 1. The summed E-state index contributed by atoms with van der Waals surface area (Å²) in [6.07, 6.45) is 1.63. The van der Waals surface area contributed by atoms with Gasteiger partial charge in [-0.2, -0.15) is 10.1 Å². The van der Waals surface area contributed by atoms with Crippen LogP contribution in [0.1, 0.15) is 11.1 Å². The Morgan fingerprint density at radius 3 is 2.64 bits per heavy atom. The number of nitrogens with one attached hydrogen (secondary N) is 1. The predicted octanol–water partition coefficient (Wildman–Crippen LogP) is 6.62. The molecule has 0 aliphatic heterocycles. The molecule has 0 bridgehead atoms. The number of anilines is 1. The van der Waals surface area contributed by atoms with Crippen LogP contribution in [0, 0.1) is 0 Å². The molecule has 2 heterocycles. The van der Waals surface area contributed by atoms with Crippen molar-refractivity contribution in [3.63, 3.8) is 0 Å². The zero-order valence-corrected chi connectivity index (χ0v) is 22.3. The van der Waals surface area contributed by atoms with Gasteiger partial charge in [-0.05, 0) is 54.1 Å². The van der Waals surface area contributed by atoms with Crippen molar-refractivity contribution in [2.75, 3.05) is 12.5 Å². The van der Waals surface area contributed by atoms with Crippen LogP contribution >= 0.6 is 39.1 Å². The molecule has 0 fully saturated rings. The first-order valence-electron chi connectivity index (χ1n) is 10.8. The van der Waals surface area contributed by atoms with Crippen LogP contribution in [0.3, 0.4) is 0 Å². The van der Waals surface area contributed by atoms with Gasteiger partial charge in [0.05, 0.1) is 18.8 Å². The van der Waals surface area contributed by atoms with E-state index in [0.717, 1.165) is 26.5 Å². The SMILES string of the molecule is COc1cc(/C=N/Nc2nnc3c4cc(Br)ccc4n(C)c3n2)ccc1OCc1c(Cl)cccc1Cl. The Hall–Kier alpha value is -3.40. The van der Waals surface area contributed by atoms with Gasteiger partial charge < -0.3 is 14.0 Å². The third-order valence-corrected chi connectivity index (χ3v) is 6.76. The van der Waals surface area contributed by atoms with Crippen LogP contribution in [-0.2, 0) is 13.7 Å². The van der Waals surface area contributed by atoms with Crippen LogP contribution in [-0.4, -0.2) is 33.1 Å². The molecular weight excluding hydrogens is 567 g/mol. The molecule has 0 aliphatic carbocycles. The second-order valence-electron chi connectivity index (χ2n) is 7.80. The van der Waals surface area contributed by atoms with Gasteiger partial charge in [0.15, 0.2) is 17.1 Å². The maximum atomic E-state index is 6.23. The molecule has 1 N–H and O–H groups in total. The van der Waals surface area contributed by atoms with Crippen molar-refractivity contribution in [2.45, 2.75) is 6.61 Å². The molecule has 0 amide bonds. The summed E-state index contributed by atoms with van der Waals surface area (Å²) in [6, 6.07) is 16.8. The van der Waals surface area contributed by atoms with Gasteiger partial charge in [-0.1, -0.05) is 45.2 Å². The zero-order valence-electron chi connectivity index (χ0n) is 19.2. The van der Waals surface area contributed by atoms with Gasteiger partial charge >= 0.3 is 0 Å². The van der Waals surface area contributed by atoms with E-state index in [0.29, 0.717) is 32.8 Å². The van der Waals surface area contributed by atoms with Gasteiger partial charge in [-0.3, -0.25) is 0 Å². The molecule has 2 aromatic heterocycles. The van der Waals surface area contributed by atoms with Gasteiger partial charge in [0.1, 0.15) is 12.1 Å². The number of hydrogen-bond acceptors (Lipinski definition) is 7. The first kappa shape index (κ1) is 24.3. The zero-order chi connectivity index (χ0) is 25.2. The van der Waals surface area contributed by atoms with E-state index in [1.807, 2.05) is 35.9 Å². The Labute approximate surface area is 225 Å². The fraction of sp³-hybridized carbons (Fsp3) is 0.120. The standard InChI is InChI=1S/C25H19BrCl2N6O2/c1-34-20-8-7-15(26)11-16(20)23-24(34)30-25(33-31-23)32-29-12-14-6-9-21(22(10-14)35-2)36-13-17-18(27)4-3-5-19(17)28/h3-12H,13H2,1-2H3,(H,30,32,33)/b29-12+. The Morgan fingerprint density at radius 2 is 1.86 bits per heavy atom. The number of aromatic nitrogens is 4. The molecule has 0 radical (unpaired) electrons. The predicted molar refractivity (Wildman–Crippen MR) is 147 cm³/mol. The molecule has 11 heteroatoms. The molecule has 0 unspecified atom stereocenters. The molecule has 0 aliphatic rings. The topological polar surface area (TPSA) is 86.5 Å². The van der Waals surface area contributed by atoms with Crippen molar-refractivity contribution in [1.29, 1.82) is 0 Å². The van der Waals surface area contributed by atoms with Crippen LogP contribution in [0.2, 0.25) is 10.0 Å². The van der Waals surface area contributed by atoms with Gasteiger partial charge in [0, 0.05) is 32.5 Å². The fourth-order valence-electron chi connectivity index (χ4n) is 3.75. The average molecular weight is 586 g/mol. The fourth-order valence-corrected chi connectivity index (χ4v) is 4.61. The molecule has 0 saturated carbocycles. The lowest BCUT2D eigenvalue weighted by Gasteiger charge is -2.13. The summed E-state index contributed by atoms with van der Waals surface area (Å²) in [4.78, 5) is 4.57. The Morgan fingerprint density at radius 1 is 1.06 bits per heavy atom. The summed E-state index contributed by atoms with van der Waals surface area (Å²) < 4.78 is 14.3. The van der Waals surface area contributed by atoms with Gasteiger partial charge in [-0.25, -0.2) is 5.43 Å². The van der Waals surface area contributed by atoms with E-state index in [-0.39, 0.29) is 12.6 Å². The minimum Gasteiger partial charge on any atom is -0.493 e. The minimum absolute atomic E-state index is 0.210. The highest BCUT2D eigenvalue weighted by molar-refractivity contribution is 9.10. The normalized spacial score (nSPS) is 11.5. The van der Waals surface area contributed by atoms with Crippen molar-refractivity contribution in [2.24, 2.45) is 12.1 Å². The van der Waals surface area contributed by atoms with E-state index in [4.69, 9.17) is 32.7 Å². The van der Waals surface area contributed by atoms with Gasteiger partial charge in [0.25, 0.3) is 5.95 Å². The van der Waals surface area contributed by atoms with E-state index in [1.54, 1.807) is 43.7 Å². The number of hydrogen-bond donors (Lipinski definition) is 1. The molecule has 3 aromatic carbocycles. The summed E-state index contributed by atoms with van der Waals surface area (Å²) in [7, 11) is 3.51. The van der Waals surface area contributed by atoms with Crippen LogP contribution in [0.4, 0.5) is 5.95 Å². The lowest BCUT2D eigenvalue weighted by atomic mass is 10.2. The molecule has 0 atom stereocenters. The first-order valence-corrected chi connectivity index (χ1v) is 12.3. The molecule has 5 aromatic rings. The Balaban J connectivity index is 1.31. The number of fused-ring (bicyclic) bond motifs is 3. The highest BCUT2D eigenvalue weighted by Crippen LogP contribution is 2.31. The van der Waals surface area contributed by atoms with E-state index >= 15 is 0 Å². The smallest absolute Gasteiger partial charge is 0.265 e. The van der Waals surface area contributed by atoms with Crippen LogP contribution in [0.5, 0.6) is 11.5 Å². The quantitative estimate of drug-likeness (QED) is 0.171. The third kappa shape index (κ3) is 4.82. The summed E-state index contributed by atoms with van der Waals surface area (Å²) in [6.45, 7) is 0.210. The Bertz CT molecular complexity index is 1600. The third-order valence-electron chi connectivity index (χ3n) is 5.56. The highest BCUT2D eigenvalue weighted by Gasteiger charge is 2.13. The van der Waals surface area contributed by atoms with Crippen LogP contribution in [0.15, 0.2) is 64.2 Å². The number of aryl methyl sites for hydroxylation is 1. The molecule has 0 spiro atoms. The molecular formula is C25H19BrCl2N6O2. The average Bonchev–Trinajstić information content (AvgIpc) is 3.14. The van der Waals surface area contributed by atoms with E-state index in [9.17, 15) is 0 Å². The lowest BCUT2D eigenvalue weighted by Crippen LogP contribution is -2.01. The highest BCUT2D eigenvalue weighted by atomic mass is 79.9. The van der Waals surface area contributed by atoms with Gasteiger partial charge in [0.2, 0.25) is 0 Å². The molecule has 5 rings (SSSR count). The van der Waals surface area contributed by atoms with Crippen molar-refractivity contribution in [3.05, 3.63) is 80.2 Å². The van der Waals surface area contributed by atoms with Crippen molar-refractivity contribution < 1.29 is 9.47 Å². The van der Waals surface area contributed by atoms with E-state index in [1.165, 1.54) is 0 Å². The number of benzene rings is 3. The number of halogens is 3. The number of ether oxygens (including phenoxy) is 2.